The van der Waals surface area contributed by atoms with Gasteiger partial charge in [-0.2, -0.15) is 0 Å². The van der Waals surface area contributed by atoms with Crippen LogP contribution in [0.5, 0.6) is 0 Å². The van der Waals surface area contributed by atoms with Crippen molar-refractivity contribution in [3.05, 3.63) is 26.5 Å². The van der Waals surface area contributed by atoms with E-state index < -0.39 is 0 Å². The minimum Gasteiger partial charge on any atom is -0.381 e. The molecule has 3 rings (SSSR count). The monoisotopic (exact) mass is 374 g/mol. The average Bonchev–Trinajstić information content (AvgIpc) is 2.91. The molecule has 0 bridgehead atoms. The molecule has 5 heteroatoms. The number of H-pyrrole nitrogens is 1. The molecule has 1 aromatic heterocycles. The van der Waals surface area contributed by atoms with Gasteiger partial charge in [-0.25, -0.2) is 0 Å². The van der Waals surface area contributed by atoms with Gasteiger partial charge in [0.1, 0.15) is 0 Å². The maximum absolute atomic E-state index is 5.47. The van der Waals surface area contributed by atoms with Crippen LogP contribution in [0.3, 0.4) is 0 Å². The third kappa shape index (κ3) is 2.12. The Labute approximate surface area is 125 Å². The summed E-state index contributed by atoms with van der Waals surface area (Å²) < 4.78 is 9.77. The van der Waals surface area contributed by atoms with Gasteiger partial charge >= 0.3 is 0 Å². The van der Waals surface area contributed by atoms with Crippen LogP contribution in [0.1, 0.15) is 25.3 Å². The molecule has 0 radical (unpaired) electrons. The molecule has 18 heavy (non-hydrogen) atoms. The number of aromatic amines is 1. The predicted molar refractivity (Wildman–Crippen MR) is 83.5 cm³/mol. The number of fused-ring (bicyclic) bond motifs is 1. The zero-order chi connectivity index (χ0) is 12.7. The van der Waals surface area contributed by atoms with Crippen LogP contribution >= 0.6 is 34.8 Å². The van der Waals surface area contributed by atoms with Crippen LogP contribution in [0.25, 0.3) is 11.0 Å². The van der Waals surface area contributed by atoms with Crippen LogP contribution in [0.4, 0.5) is 0 Å². The van der Waals surface area contributed by atoms with Gasteiger partial charge in [-0.15, -0.1) is 0 Å². The highest BCUT2D eigenvalue weighted by molar-refractivity contribution is 14.1. The van der Waals surface area contributed by atoms with Crippen molar-refractivity contribution in [3.63, 3.8) is 0 Å². The van der Waals surface area contributed by atoms with Crippen LogP contribution in [0.15, 0.2) is 18.2 Å². The molecule has 1 fully saturated rings. The molecule has 1 aliphatic rings. The van der Waals surface area contributed by atoms with E-state index in [2.05, 4.69) is 50.3 Å². The first-order chi connectivity index (χ1) is 8.69. The van der Waals surface area contributed by atoms with Gasteiger partial charge in [0, 0.05) is 16.7 Å². The summed E-state index contributed by atoms with van der Waals surface area (Å²) in [4.78, 5) is 3.31. The topological polar surface area (TPSA) is 29.9 Å². The molecule has 1 N–H and O–H groups in total. The second-order valence-corrected chi connectivity index (χ2v) is 6.42. The molecule has 1 aliphatic carbocycles. The minimum absolute atomic E-state index is 0.380. The Morgan fingerprint density at radius 3 is 3.00 bits per heavy atom. The number of hydrogen-bond donors (Lipinski definition) is 1. The van der Waals surface area contributed by atoms with Crippen molar-refractivity contribution in [2.45, 2.75) is 31.4 Å². The van der Waals surface area contributed by atoms with Crippen LogP contribution in [-0.4, -0.2) is 22.8 Å². The predicted octanol–water partition coefficient (Wildman–Crippen LogP) is 4.04. The van der Waals surface area contributed by atoms with Crippen LogP contribution in [-0.2, 0) is 4.74 Å². The average molecular weight is 374 g/mol. The van der Waals surface area contributed by atoms with Gasteiger partial charge in [-0.1, -0.05) is 0 Å². The number of nitrogens with one attached hydrogen (secondary N) is 1. The Hall–Kier alpha value is -0.400. The van der Waals surface area contributed by atoms with Gasteiger partial charge in [0.2, 0.25) is 0 Å². The molecule has 0 saturated heterocycles. The largest absolute Gasteiger partial charge is 0.381 e. The third-order valence-corrected chi connectivity index (χ3v) is 4.70. The van der Waals surface area contributed by atoms with Crippen molar-refractivity contribution in [3.8, 4) is 0 Å². The summed E-state index contributed by atoms with van der Waals surface area (Å²) in [6.07, 6.45) is 3.71. The molecule has 0 aliphatic heterocycles. The Morgan fingerprint density at radius 1 is 1.44 bits per heavy atom. The lowest BCUT2D eigenvalue weighted by molar-refractivity contribution is 0.106. The summed E-state index contributed by atoms with van der Waals surface area (Å²) in [5.74, 6) is 0. The normalized spacial score (nSPS) is 23.9. The quantitative estimate of drug-likeness (QED) is 0.635. The van der Waals surface area contributed by atoms with E-state index in [9.17, 15) is 0 Å². The van der Waals surface area contributed by atoms with Gasteiger partial charge in [0.25, 0.3) is 0 Å². The number of halogens is 1. The van der Waals surface area contributed by atoms with Gasteiger partial charge in [-0.3, -0.25) is 0 Å². The fourth-order valence-corrected chi connectivity index (χ4v) is 3.68. The molecular formula is C13H15IN2OS. The summed E-state index contributed by atoms with van der Waals surface area (Å²) in [5, 5.41) is 0. The SMILES string of the molecule is COC1CCC(n2c(=S)[nH]c3cc(I)ccc32)C1. The van der Waals surface area contributed by atoms with E-state index in [0.717, 1.165) is 29.6 Å². The third-order valence-electron chi connectivity index (χ3n) is 3.73. The fourth-order valence-electron chi connectivity index (χ4n) is 2.83. The first-order valence-electron chi connectivity index (χ1n) is 6.11. The number of aromatic nitrogens is 2. The standard InChI is InChI=1S/C13H15IN2OS/c1-17-10-4-3-9(7-10)16-12-5-2-8(14)6-11(12)15-13(16)18/h2,5-6,9-10H,3-4,7H2,1H3,(H,15,18). The van der Waals surface area contributed by atoms with E-state index in [1.54, 1.807) is 7.11 Å². The number of hydrogen-bond acceptors (Lipinski definition) is 2. The number of methoxy groups -OCH3 is 1. The zero-order valence-corrected chi connectivity index (χ0v) is 13.1. The van der Waals surface area contributed by atoms with E-state index >= 15 is 0 Å². The molecular weight excluding hydrogens is 359 g/mol. The molecule has 3 nitrogen and oxygen atoms in total. The number of nitrogens with zero attached hydrogens (tertiary/aromatic N) is 1. The summed E-state index contributed by atoms with van der Waals surface area (Å²) in [6.45, 7) is 0. The van der Waals surface area contributed by atoms with Gasteiger partial charge in [0.15, 0.2) is 4.77 Å². The number of rotatable bonds is 2. The van der Waals surface area contributed by atoms with Gasteiger partial charge < -0.3 is 14.3 Å². The smallest absolute Gasteiger partial charge is 0.178 e. The van der Waals surface area contributed by atoms with Crippen molar-refractivity contribution >= 4 is 45.8 Å². The summed E-state index contributed by atoms with van der Waals surface area (Å²) in [6, 6.07) is 6.90. The molecule has 2 unspecified atom stereocenters. The van der Waals surface area contributed by atoms with Crippen molar-refractivity contribution < 1.29 is 4.74 Å². The van der Waals surface area contributed by atoms with Crippen molar-refractivity contribution in [1.29, 1.82) is 0 Å². The fraction of sp³-hybridized carbons (Fsp3) is 0.462. The van der Waals surface area contributed by atoms with Crippen LogP contribution in [0, 0.1) is 8.34 Å². The van der Waals surface area contributed by atoms with E-state index in [4.69, 9.17) is 17.0 Å². The van der Waals surface area contributed by atoms with Crippen molar-refractivity contribution in [2.75, 3.05) is 7.11 Å². The maximum atomic E-state index is 5.47. The lowest BCUT2D eigenvalue weighted by Gasteiger charge is -2.13. The highest BCUT2D eigenvalue weighted by Crippen LogP contribution is 2.34. The Balaban J connectivity index is 2.07. The second kappa shape index (κ2) is 4.94. The second-order valence-electron chi connectivity index (χ2n) is 4.79. The minimum atomic E-state index is 0.380. The number of imidazole rings is 1. The Bertz CT molecular complexity index is 633. The molecule has 2 atom stereocenters. The Kier molecular flexibility index (Phi) is 3.46. The van der Waals surface area contributed by atoms with Gasteiger partial charge in [0.05, 0.1) is 17.1 Å². The highest BCUT2D eigenvalue weighted by atomic mass is 127. The van der Waals surface area contributed by atoms with Gasteiger partial charge in [-0.05, 0) is 72.3 Å². The summed E-state index contributed by atoms with van der Waals surface area (Å²) in [7, 11) is 1.80. The summed E-state index contributed by atoms with van der Waals surface area (Å²) in [5.41, 5.74) is 2.34. The molecule has 0 spiro atoms. The molecule has 0 amide bonds. The van der Waals surface area contributed by atoms with E-state index in [1.807, 2.05) is 0 Å². The molecule has 1 saturated carbocycles. The maximum Gasteiger partial charge on any atom is 0.178 e. The lowest BCUT2D eigenvalue weighted by atomic mass is 10.2. The zero-order valence-electron chi connectivity index (χ0n) is 10.1. The van der Waals surface area contributed by atoms with Crippen molar-refractivity contribution in [2.24, 2.45) is 0 Å². The summed E-state index contributed by atoms with van der Waals surface area (Å²) >= 11 is 7.79. The van der Waals surface area contributed by atoms with Crippen LogP contribution in [0.2, 0.25) is 0 Å². The van der Waals surface area contributed by atoms with Crippen molar-refractivity contribution in [1.82, 2.24) is 9.55 Å². The molecule has 2 aromatic rings. The highest BCUT2D eigenvalue weighted by Gasteiger charge is 2.27. The number of ether oxygens (including phenoxy) is 1. The lowest BCUT2D eigenvalue weighted by Crippen LogP contribution is -2.08. The molecule has 1 heterocycles. The van der Waals surface area contributed by atoms with Crippen LogP contribution < -0.4 is 0 Å². The first kappa shape index (κ1) is 12.6. The van der Waals surface area contributed by atoms with E-state index in [-0.39, 0.29) is 0 Å². The first-order valence-corrected chi connectivity index (χ1v) is 7.60. The number of benzene rings is 1. The van der Waals surface area contributed by atoms with E-state index in [0.29, 0.717) is 12.1 Å². The Morgan fingerprint density at radius 2 is 2.28 bits per heavy atom. The molecule has 96 valence electrons. The molecule has 1 aromatic carbocycles. The van der Waals surface area contributed by atoms with E-state index in [1.165, 1.54) is 9.09 Å².